The van der Waals surface area contributed by atoms with Gasteiger partial charge in [0.25, 0.3) is 0 Å². The van der Waals surface area contributed by atoms with Crippen LogP contribution in [0.2, 0.25) is 0 Å². The quantitative estimate of drug-likeness (QED) is 0.283. The summed E-state index contributed by atoms with van der Waals surface area (Å²) in [6.07, 6.45) is 3.14. The number of amidine groups is 1. The van der Waals surface area contributed by atoms with Crippen LogP contribution in [0.1, 0.15) is 47.0 Å². The van der Waals surface area contributed by atoms with Gasteiger partial charge in [0.05, 0.1) is 0 Å². The van der Waals surface area contributed by atoms with E-state index in [1.165, 1.54) is 12.8 Å². The van der Waals surface area contributed by atoms with Gasteiger partial charge in [0.15, 0.2) is 0 Å². The minimum Gasteiger partial charge on any atom is -0.409 e. The van der Waals surface area contributed by atoms with E-state index < -0.39 is 0 Å². The number of hydrogen-bond acceptors (Lipinski definition) is 3. The zero-order chi connectivity index (χ0) is 13.3. The Morgan fingerprint density at radius 1 is 1.29 bits per heavy atom. The van der Waals surface area contributed by atoms with E-state index in [4.69, 9.17) is 10.9 Å². The predicted molar refractivity (Wildman–Crippen MR) is 73.4 cm³/mol. The van der Waals surface area contributed by atoms with Crippen molar-refractivity contribution in [3.05, 3.63) is 0 Å². The summed E-state index contributed by atoms with van der Waals surface area (Å²) >= 11 is 0. The van der Waals surface area contributed by atoms with E-state index in [0.717, 1.165) is 19.6 Å². The lowest BCUT2D eigenvalue weighted by atomic mass is 10.0. The van der Waals surface area contributed by atoms with E-state index in [0.29, 0.717) is 24.1 Å². The number of nitrogens with zero attached hydrogens (tertiary/aromatic N) is 2. The van der Waals surface area contributed by atoms with Crippen LogP contribution < -0.4 is 5.73 Å². The molecular formula is C13H29N3O. The van der Waals surface area contributed by atoms with Crippen molar-refractivity contribution in [2.45, 2.75) is 47.0 Å². The molecule has 0 spiro atoms. The fourth-order valence-electron chi connectivity index (χ4n) is 2.12. The molecule has 4 heteroatoms. The lowest BCUT2D eigenvalue weighted by molar-refractivity contribution is 0.213. The smallest absolute Gasteiger partial charge is 0.140 e. The number of oxime groups is 1. The molecule has 17 heavy (non-hydrogen) atoms. The molecule has 4 nitrogen and oxygen atoms in total. The molecule has 0 fully saturated rings. The fraction of sp³-hybridized carbons (Fsp3) is 0.923. The Balaban J connectivity index is 4.13. The molecule has 0 radical (unpaired) electrons. The van der Waals surface area contributed by atoms with Crippen LogP contribution in [0.15, 0.2) is 5.16 Å². The number of nitrogens with two attached hydrogens (primary N) is 1. The Morgan fingerprint density at radius 2 is 1.94 bits per heavy atom. The first-order valence-electron chi connectivity index (χ1n) is 6.68. The molecule has 0 saturated carbocycles. The van der Waals surface area contributed by atoms with Gasteiger partial charge in [-0.15, -0.1) is 0 Å². The van der Waals surface area contributed by atoms with Gasteiger partial charge in [0, 0.05) is 26.1 Å². The molecule has 0 rings (SSSR count). The van der Waals surface area contributed by atoms with Gasteiger partial charge < -0.3 is 15.8 Å². The molecule has 102 valence electrons. The molecule has 3 N–H and O–H groups in total. The molecule has 0 aromatic carbocycles. The average Bonchev–Trinajstić information content (AvgIpc) is 2.24. The molecule has 0 aliphatic carbocycles. The third kappa shape index (κ3) is 8.98. The van der Waals surface area contributed by atoms with Gasteiger partial charge in [-0.05, 0) is 18.3 Å². The Bertz CT molecular complexity index is 217. The second-order valence-corrected chi connectivity index (χ2v) is 5.39. The van der Waals surface area contributed by atoms with Crippen LogP contribution in [0.4, 0.5) is 0 Å². The third-order valence-electron chi connectivity index (χ3n) is 2.79. The van der Waals surface area contributed by atoms with Gasteiger partial charge in [0.1, 0.15) is 5.84 Å². The zero-order valence-corrected chi connectivity index (χ0v) is 11.8. The van der Waals surface area contributed by atoms with E-state index in [1.807, 2.05) is 0 Å². The van der Waals surface area contributed by atoms with Gasteiger partial charge >= 0.3 is 0 Å². The molecule has 0 amide bonds. The molecule has 1 atom stereocenters. The predicted octanol–water partition coefficient (Wildman–Crippen LogP) is 2.52. The summed E-state index contributed by atoms with van der Waals surface area (Å²) in [5.74, 6) is 1.68. The van der Waals surface area contributed by atoms with Crippen molar-refractivity contribution < 1.29 is 5.21 Å². The summed E-state index contributed by atoms with van der Waals surface area (Å²) in [6, 6.07) is 0. The van der Waals surface area contributed by atoms with Gasteiger partial charge in [-0.2, -0.15) is 0 Å². The minimum atomic E-state index is 0.321. The van der Waals surface area contributed by atoms with Crippen molar-refractivity contribution >= 4 is 5.84 Å². The average molecular weight is 243 g/mol. The second kappa shape index (κ2) is 9.28. The Labute approximate surface area is 106 Å². The molecule has 0 saturated heterocycles. The van der Waals surface area contributed by atoms with Crippen LogP contribution in [0.25, 0.3) is 0 Å². The topological polar surface area (TPSA) is 61.8 Å². The Kier molecular flexibility index (Phi) is 8.86. The first-order chi connectivity index (χ1) is 7.99. The molecule has 0 aliphatic rings. The molecule has 0 bridgehead atoms. The van der Waals surface area contributed by atoms with Crippen LogP contribution in [-0.4, -0.2) is 35.6 Å². The second-order valence-electron chi connectivity index (χ2n) is 5.39. The van der Waals surface area contributed by atoms with Crippen molar-refractivity contribution in [3.8, 4) is 0 Å². The van der Waals surface area contributed by atoms with Gasteiger partial charge in [-0.25, -0.2) is 0 Å². The highest BCUT2D eigenvalue weighted by molar-refractivity contribution is 5.79. The monoisotopic (exact) mass is 243 g/mol. The molecule has 1 unspecified atom stereocenters. The van der Waals surface area contributed by atoms with Crippen LogP contribution in [0.3, 0.4) is 0 Å². The largest absolute Gasteiger partial charge is 0.409 e. The van der Waals surface area contributed by atoms with E-state index in [9.17, 15) is 0 Å². The first kappa shape index (κ1) is 16.2. The lowest BCUT2D eigenvalue weighted by Crippen LogP contribution is -2.34. The summed E-state index contributed by atoms with van der Waals surface area (Å²) in [5, 5.41) is 11.6. The highest BCUT2D eigenvalue weighted by atomic mass is 16.4. The van der Waals surface area contributed by atoms with E-state index in [1.54, 1.807) is 0 Å². The summed E-state index contributed by atoms with van der Waals surface area (Å²) in [4.78, 5) is 2.42. The third-order valence-corrected chi connectivity index (χ3v) is 2.79. The molecule has 0 aromatic rings. The van der Waals surface area contributed by atoms with Crippen LogP contribution in [0.5, 0.6) is 0 Å². The van der Waals surface area contributed by atoms with Crippen LogP contribution in [-0.2, 0) is 0 Å². The summed E-state index contributed by atoms with van der Waals surface area (Å²) in [6.45, 7) is 12.0. The summed E-state index contributed by atoms with van der Waals surface area (Å²) < 4.78 is 0. The maximum Gasteiger partial charge on any atom is 0.140 e. The van der Waals surface area contributed by atoms with Crippen molar-refractivity contribution in [1.29, 1.82) is 0 Å². The van der Waals surface area contributed by atoms with Crippen molar-refractivity contribution in [2.24, 2.45) is 22.7 Å². The highest BCUT2D eigenvalue weighted by Gasteiger charge is 2.11. The van der Waals surface area contributed by atoms with Crippen molar-refractivity contribution in [2.75, 3.05) is 19.6 Å². The molecule has 0 heterocycles. The molecular weight excluding hydrogens is 214 g/mol. The highest BCUT2D eigenvalue weighted by Crippen LogP contribution is 2.10. The lowest BCUT2D eigenvalue weighted by Gasteiger charge is -2.27. The van der Waals surface area contributed by atoms with Crippen molar-refractivity contribution in [3.63, 3.8) is 0 Å². The van der Waals surface area contributed by atoms with Crippen molar-refractivity contribution in [1.82, 2.24) is 4.90 Å². The SMILES string of the molecule is CCCC(C)CN(CCC(N)=NO)CC(C)C. The van der Waals surface area contributed by atoms with E-state index >= 15 is 0 Å². The normalized spacial score (nSPS) is 14.6. The standard InChI is InChI=1S/C13H29N3O/c1-5-6-12(4)10-16(9-11(2)3)8-7-13(14)15-17/h11-12,17H,5-10H2,1-4H3,(H2,14,15). The molecule has 0 aliphatic heterocycles. The van der Waals surface area contributed by atoms with Gasteiger partial charge in [-0.3, -0.25) is 0 Å². The summed E-state index contributed by atoms with van der Waals surface area (Å²) in [5.41, 5.74) is 5.51. The maximum atomic E-state index is 8.54. The van der Waals surface area contributed by atoms with Gasteiger partial charge in [-0.1, -0.05) is 39.3 Å². The maximum absolute atomic E-state index is 8.54. The fourth-order valence-corrected chi connectivity index (χ4v) is 2.12. The van der Waals surface area contributed by atoms with Crippen LogP contribution >= 0.6 is 0 Å². The minimum absolute atomic E-state index is 0.321. The van der Waals surface area contributed by atoms with Gasteiger partial charge in [0.2, 0.25) is 0 Å². The Hall–Kier alpha value is -0.770. The van der Waals surface area contributed by atoms with E-state index in [-0.39, 0.29) is 0 Å². The Morgan fingerprint density at radius 3 is 2.41 bits per heavy atom. The molecule has 0 aromatic heterocycles. The van der Waals surface area contributed by atoms with E-state index in [2.05, 4.69) is 37.8 Å². The summed E-state index contributed by atoms with van der Waals surface area (Å²) in [7, 11) is 0. The number of rotatable bonds is 9. The number of hydrogen-bond donors (Lipinski definition) is 2. The zero-order valence-electron chi connectivity index (χ0n) is 11.8. The first-order valence-corrected chi connectivity index (χ1v) is 6.68. The van der Waals surface area contributed by atoms with Crippen LogP contribution in [0, 0.1) is 11.8 Å².